The van der Waals surface area contributed by atoms with Crippen molar-refractivity contribution in [3.05, 3.63) is 81.3 Å². The van der Waals surface area contributed by atoms with E-state index in [1.165, 1.54) is 11.6 Å². The molecule has 2 aromatic heterocycles. The number of ether oxygens (including phenoxy) is 1. The highest BCUT2D eigenvalue weighted by Gasteiger charge is 2.23. The van der Waals surface area contributed by atoms with Crippen LogP contribution in [0.2, 0.25) is 5.02 Å². The summed E-state index contributed by atoms with van der Waals surface area (Å²) in [7, 11) is 0. The van der Waals surface area contributed by atoms with Crippen molar-refractivity contribution in [2.24, 2.45) is 0 Å². The lowest BCUT2D eigenvalue weighted by atomic mass is 9.98. The Morgan fingerprint density at radius 2 is 1.97 bits per heavy atom. The molecule has 0 radical (unpaired) electrons. The van der Waals surface area contributed by atoms with Gasteiger partial charge in [0.2, 0.25) is 0 Å². The zero-order valence-corrected chi connectivity index (χ0v) is 19.1. The van der Waals surface area contributed by atoms with Gasteiger partial charge in [-0.25, -0.2) is 4.79 Å². The van der Waals surface area contributed by atoms with Gasteiger partial charge < -0.3 is 19.0 Å². The normalized spacial score (nSPS) is 14.2. The van der Waals surface area contributed by atoms with Crippen LogP contribution in [0, 0.1) is 0 Å². The molecule has 1 aliphatic rings. The maximum Gasteiger partial charge on any atom is 0.337 e. The zero-order valence-electron chi connectivity index (χ0n) is 18.4. The first-order valence-corrected chi connectivity index (χ1v) is 11.3. The molecular formula is C26H23ClN2O4. The van der Waals surface area contributed by atoms with E-state index in [-0.39, 0.29) is 12.0 Å². The molecule has 5 rings (SSSR count). The zero-order chi connectivity index (χ0) is 23.1. The summed E-state index contributed by atoms with van der Waals surface area (Å²) in [5, 5.41) is 2.39. The highest BCUT2D eigenvalue weighted by Crippen LogP contribution is 2.31. The molecule has 33 heavy (non-hydrogen) atoms. The summed E-state index contributed by atoms with van der Waals surface area (Å²) >= 11 is 6.09. The molecule has 0 atom stereocenters. The summed E-state index contributed by atoms with van der Waals surface area (Å²) < 4.78 is 11.0. The van der Waals surface area contributed by atoms with Crippen molar-refractivity contribution in [2.75, 3.05) is 13.1 Å². The third kappa shape index (κ3) is 4.14. The fourth-order valence-electron chi connectivity index (χ4n) is 4.30. The van der Waals surface area contributed by atoms with Crippen molar-refractivity contribution in [3.63, 3.8) is 0 Å². The Balaban J connectivity index is 1.42. The Morgan fingerprint density at radius 1 is 1.15 bits per heavy atom. The molecule has 0 bridgehead atoms. The molecule has 3 heterocycles. The van der Waals surface area contributed by atoms with E-state index in [1.807, 2.05) is 38.2 Å². The van der Waals surface area contributed by atoms with E-state index in [9.17, 15) is 9.59 Å². The van der Waals surface area contributed by atoms with Crippen molar-refractivity contribution in [1.29, 1.82) is 0 Å². The predicted molar refractivity (Wildman–Crippen MR) is 130 cm³/mol. The number of hydrogen-bond donors (Lipinski definition) is 1. The van der Waals surface area contributed by atoms with Crippen molar-refractivity contribution in [3.8, 4) is 5.75 Å². The maximum absolute atomic E-state index is 13.3. The molecule has 0 saturated carbocycles. The molecule has 0 aliphatic carbocycles. The Hall–Kier alpha value is -3.51. The van der Waals surface area contributed by atoms with Gasteiger partial charge in [0, 0.05) is 58.3 Å². The van der Waals surface area contributed by atoms with E-state index in [2.05, 4.69) is 11.1 Å². The first-order chi connectivity index (χ1) is 15.9. The van der Waals surface area contributed by atoms with E-state index in [0.717, 1.165) is 16.5 Å². The standard InChI is InChI=1S/C26H23ClN2O4/c1-15(2)32-18-4-6-20-21(13-25(30)33-24(20)12-18)26(31)29-9-7-16(8-10-29)22-14-28-23-11-17(27)3-5-19(22)23/h3-7,11-15,28H,8-10H2,1-2H3. The van der Waals surface area contributed by atoms with Gasteiger partial charge in [0.15, 0.2) is 0 Å². The number of carbonyl (C=O) groups excluding carboxylic acids is 1. The SMILES string of the molecule is CC(C)Oc1ccc2c(C(=O)N3CC=C(c4c[nH]c5cc(Cl)ccc45)CC3)cc(=O)oc2c1. The summed E-state index contributed by atoms with van der Waals surface area (Å²) in [4.78, 5) is 30.5. The lowest BCUT2D eigenvalue weighted by Crippen LogP contribution is -2.35. The number of aromatic amines is 1. The quantitative estimate of drug-likeness (QED) is 0.398. The Labute approximate surface area is 195 Å². The van der Waals surface area contributed by atoms with E-state index < -0.39 is 5.63 Å². The molecular weight excluding hydrogens is 440 g/mol. The molecule has 0 unspecified atom stereocenters. The number of H-pyrrole nitrogens is 1. The Bertz CT molecular complexity index is 1460. The van der Waals surface area contributed by atoms with E-state index in [1.54, 1.807) is 23.1 Å². The highest BCUT2D eigenvalue weighted by molar-refractivity contribution is 6.31. The number of aromatic nitrogens is 1. The molecule has 168 valence electrons. The predicted octanol–water partition coefficient (Wildman–Crippen LogP) is 5.64. The average molecular weight is 463 g/mol. The van der Waals surface area contributed by atoms with E-state index >= 15 is 0 Å². The number of rotatable bonds is 4. The lowest BCUT2D eigenvalue weighted by Gasteiger charge is -2.27. The minimum absolute atomic E-state index is 0.0116. The van der Waals surface area contributed by atoms with Gasteiger partial charge in [-0.2, -0.15) is 0 Å². The summed E-state index contributed by atoms with van der Waals surface area (Å²) in [6.07, 6.45) is 4.76. The highest BCUT2D eigenvalue weighted by atomic mass is 35.5. The largest absolute Gasteiger partial charge is 0.491 e. The second-order valence-electron chi connectivity index (χ2n) is 8.43. The molecule has 1 N–H and O–H groups in total. The number of carbonyl (C=O) groups is 1. The summed E-state index contributed by atoms with van der Waals surface area (Å²) in [6, 6.07) is 12.3. The molecule has 0 fully saturated rings. The summed E-state index contributed by atoms with van der Waals surface area (Å²) in [6.45, 7) is 4.86. The molecule has 7 heteroatoms. The first-order valence-electron chi connectivity index (χ1n) is 10.9. The third-order valence-electron chi connectivity index (χ3n) is 5.80. The average Bonchev–Trinajstić information content (AvgIpc) is 3.20. The molecule has 0 saturated heterocycles. The topological polar surface area (TPSA) is 75.5 Å². The van der Waals surface area contributed by atoms with Crippen LogP contribution in [0.1, 0.15) is 36.2 Å². The van der Waals surface area contributed by atoms with Gasteiger partial charge >= 0.3 is 5.63 Å². The van der Waals surface area contributed by atoms with Crippen molar-refractivity contribution in [2.45, 2.75) is 26.4 Å². The van der Waals surface area contributed by atoms with Gasteiger partial charge in [-0.1, -0.05) is 23.7 Å². The molecule has 4 aromatic rings. The van der Waals surface area contributed by atoms with E-state index in [4.69, 9.17) is 20.8 Å². The number of hydrogen-bond acceptors (Lipinski definition) is 4. The third-order valence-corrected chi connectivity index (χ3v) is 6.04. The molecule has 1 amide bonds. The van der Waals surface area contributed by atoms with Gasteiger partial charge in [-0.3, -0.25) is 4.79 Å². The van der Waals surface area contributed by atoms with Gasteiger partial charge in [0.25, 0.3) is 5.91 Å². The van der Waals surface area contributed by atoms with Crippen molar-refractivity contribution in [1.82, 2.24) is 9.88 Å². The first kappa shape index (κ1) is 21.3. The van der Waals surface area contributed by atoms with E-state index in [0.29, 0.717) is 46.8 Å². The van der Waals surface area contributed by atoms with Crippen LogP contribution in [0.4, 0.5) is 0 Å². The number of fused-ring (bicyclic) bond motifs is 2. The van der Waals surface area contributed by atoms with Crippen LogP contribution in [0.5, 0.6) is 5.75 Å². The lowest BCUT2D eigenvalue weighted by molar-refractivity contribution is 0.0774. The number of nitrogens with one attached hydrogen (secondary N) is 1. The van der Waals surface area contributed by atoms with Crippen molar-refractivity contribution < 1.29 is 13.9 Å². The summed E-state index contributed by atoms with van der Waals surface area (Å²) in [5.41, 5.74) is 3.42. The molecule has 2 aromatic carbocycles. The van der Waals surface area contributed by atoms with Crippen LogP contribution in [-0.2, 0) is 0 Å². The van der Waals surface area contributed by atoms with Gasteiger partial charge in [0.05, 0.1) is 11.7 Å². The smallest absolute Gasteiger partial charge is 0.337 e. The van der Waals surface area contributed by atoms with Crippen LogP contribution in [0.15, 0.2) is 63.9 Å². The Kier molecular flexibility index (Phi) is 5.46. The van der Waals surface area contributed by atoms with Gasteiger partial charge in [-0.15, -0.1) is 0 Å². The maximum atomic E-state index is 13.3. The number of benzene rings is 2. The number of amides is 1. The molecule has 6 nitrogen and oxygen atoms in total. The van der Waals surface area contributed by atoms with Crippen LogP contribution in [-0.4, -0.2) is 35.0 Å². The van der Waals surface area contributed by atoms with Gasteiger partial charge in [-0.05, 0) is 50.1 Å². The van der Waals surface area contributed by atoms with Crippen molar-refractivity contribution >= 4 is 45.0 Å². The second-order valence-corrected chi connectivity index (χ2v) is 8.86. The number of nitrogens with zero attached hydrogens (tertiary/aromatic N) is 1. The number of halogens is 1. The van der Waals surface area contributed by atoms with Crippen LogP contribution < -0.4 is 10.4 Å². The van der Waals surface area contributed by atoms with Crippen LogP contribution >= 0.6 is 11.6 Å². The minimum Gasteiger partial charge on any atom is -0.491 e. The van der Waals surface area contributed by atoms with Crippen LogP contribution in [0.3, 0.4) is 0 Å². The molecule has 0 spiro atoms. The fourth-order valence-corrected chi connectivity index (χ4v) is 4.47. The van der Waals surface area contributed by atoms with Gasteiger partial charge in [0.1, 0.15) is 11.3 Å². The van der Waals surface area contributed by atoms with Crippen LogP contribution in [0.25, 0.3) is 27.4 Å². The minimum atomic E-state index is -0.557. The molecule has 1 aliphatic heterocycles. The fraction of sp³-hybridized carbons (Fsp3) is 0.231. The monoisotopic (exact) mass is 462 g/mol. The Morgan fingerprint density at radius 3 is 2.73 bits per heavy atom. The summed E-state index contributed by atoms with van der Waals surface area (Å²) in [5.74, 6) is 0.405. The second kappa shape index (κ2) is 8.45.